The van der Waals surface area contributed by atoms with Gasteiger partial charge in [0.25, 0.3) is 5.91 Å². The van der Waals surface area contributed by atoms with Crippen LogP contribution in [0.2, 0.25) is 0 Å². The molecule has 1 amide bonds. The third-order valence-electron chi connectivity index (χ3n) is 5.10. The summed E-state index contributed by atoms with van der Waals surface area (Å²) in [5.74, 6) is 0.0433. The summed E-state index contributed by atoms with van der Waals surface area (Å²) in [6, 6.07) is 23.7. The van der Waals surface area contributed by atoms with E-state index in [1.807, 2.05) is 48.5 Å². The van der Waals surface area contributed by atoms with Crippen molar-refractivity contribution in [2.24, 2.45) is 0 Å². The van der Waals surface area contributed by atoms with Crippen LogP contribution in [0.5, 0.6) is 5.75 Å². The maximum atomic E-state index is 13.1. The predicted molar refractivity (Wildman–Crippen MR) is 121 cm³/mol. The van der Waals surface area contributed by atoms with Crippen molar-refractivity contribution in [2.75, 3.05) is 5.32 Å². The lowest BCUT2D eigenvalue weighted by molar-refractivity contribution is -0.122. The number of aryl methyl sites for hydroxylation is 1. The molecule has 3 aromatic carbocycles. The number of carbonyl (C=O) groups excluding carboxylic acids is 2. The van der Waals surface area contributed by atoms with Gasteiger partial charge in [0.2, 0.25) is 5.78 Å². The Kier molecular flexibility index (Phi) is 5.85. The van der Waals surface area contributed by atoms with E-state index in [1.165, 1.54) is 5.56 Å². The van der Waals surface area contributed by atoms with E-state index < -0.39 is 6.10 Å². The summed E-state index contributed by atoms with van der Waals surface area (Å²) in [5, 5.41) is 3.51. The molecule has 1 aromatic heterocycles. The first kappa shape index (κ1) is 20.4. The van der Waals surface area contributed by atoms with Gasteiger partial charge < -0.3 is 14.5 Å². The molecule has 0 saturated heterocycles. The van der Waals surface area contributed by atoms with Gasteiger partial charge in [-0.1, -0.05) is 61.5 Å². The zero-order valence-corrected chi connectivity index (χ0v) is 17.4. The van der Waals surface area contributed by atoms with Crippen LogP contribution in [-0.4, -0.2) is 17.8 Å². The van der Waals surface area contributed by atoms with Crippen molar-refractivity contribution in [3.8, 4) is 5.75 Å². The third-order valence-corrected chi connectivity index (χ3v) is 5.10. The SMILES string of the molecule is CCc1ccc(O[C@H](C)C(=O)Nc2c(C(=O)c3ccccc3)oc3ccccc23)cc1. The van der Waals surface area contributed by atoms with Crippen LogP contribution in [0.25, 0.3) is 11.0 Å². The van der Waals surface area contributed by atoms with E-state index in [0.717, 1.165) is 6.42 Å². The van der Waals surface area contributed by atoms with E-state index in [4.69, 9.17) is 9.15 Å². The fraction of sp³-hybridized carbons (Fsp3) is 0.154. The van der Waals surface area contributed by atoms with E-state index >= 15 is 0 Å². The van der Waals surface area contributed by atoms with Crippen molar-refractivity contribution < 1.29 is 18.7 Å². The molecule has 1 heterocycles. The highest BCUT2D eigenvalue weighted by Crippen LogP contribution is 2.32. The number of fused-ring (bicyclic) bond motifs is 1. The number of amides is 1. The summed E-state index contributed by atoms with van der Waals surface area (Å²) in [6.45, 7) is 3.75. The van der Waals surface area contributed by atoms with Crippen LogP contribution in [0.4, 0.5) is 5.69 Å². The molecule has 4 aromatic rings. The van der Waals surface area contributed by atoms with Crippen LogP contribution in [0.3, 0.4) is 0 Å². The maximum Gasteiger partial charge on any atom is 0.265 e. The number of nitrogens with one attached hydrogen (secondary N) is 1. The van der Waals surface area contributed by atoms with Gasteiger partial charge in [0.05, 0.1) is 5.69 Å². The van der Waals surface area contributed by atoms with E-state index in [1.54, 1.807) is 37.3 Å². The van der Waals surface area contributed by atoms with Crippen molar-refractivity contribution in [3.05, 3.63) is 95.7 Å². The second-order valence-electron chi connectivity index (χ2n) is 7.24. The number of furan rings is 1. The number of benzene rings is 3. The standard InChI is InChI=1S/C26H23NO4/c1-3-18-13-15-20(16-14-18)30-17(2)26(29)27-23-21-11-7-8-12-22(21)31-25(23)24(28)19-9-5-4-6-10-19/h4-17H,3H2,1-2H3,(H,27,29)/t17-/m1/s1. The summed E-state index contributed by atoms with van der Waals surface area (Å²) in [7, 11) is 0. The van der Waals surface area contributed by atoms with Crippen molar-refractivity contribution in [1.29, 1.82) is 0 Å². The molecule has 5 heteroatoms. The zero-order valence-electron chi connectivity index (χ0n) is 17.4. The van der Waals surface area contributed by atoms with Crippen LogP contribution in [0, 0.1) is 0 Å². The molecule has 31 heavy (non-hydrogen) atoms. The molecule has 0 unspecified atom stereocenters. The molecule has 0 spiro atoms. The molecule has 5 nitrogen and oxygen atoms in total. The first-order chi connectivity index (χ1) is 15.1. The quantitative estimate of drug-likeness (QED) is 0.399. The molecule has 0 aliphatic carbocycles. The fourth-order valence-electron chi connectivity index (χ4n) is 3.34. The van der Waals surface area contributed by atoms with Crippen LogP contribution in [0.1, 0.15) is 35.5 Å². The Labute approximate surface area is 180 Å². The summed E-state index contributed by atoms with van der Waals surface area (Å²) < 4.78 is 11.6. The average molecular weight is 413 g/mol. The number of anilines is 1. The molecule has 1 N–H and O–H groups in total. The number of ether oxygens (including phenoxy) is 1. The minimum Gasteiger partial charge on any atom is -0.481 e. The van der Waals surface area contributed by atoms with Crippen LogP contribution >= 0.6 is 0 Å². The molecular weight excluding hydrogens is 390 g/mol. The molecule has 0 aliphatic heterocycles. The number of hydrogen-bond acceptors (Lipinski definition) is 4. The Morgan fingerprint density at radius 1 is 0.935 bits per heavy atom. The third kappa shape index (κ3) is 4.36. The average Bonchev–Trinajstić information content (AvgIpc) is 3.18. The predicted octanol–water partition coefficient (Wildman–Crippen LogP) is 5.63. The number of para-hydroxylation sites is 1. The van der Waals surface area contributed by atoms with E-state index in [2.05, 4.69) is 12.2 Å². The Balaban J connectivity index is 1.60. The van der Waals surface area contributed by atoms with Crippen LogP contribution in [0.15, 0.2) is 83.3 Å². The number of carbonyl (C=O) groups is 2. The molecule has 0 radical (unpaired) electrons. The first-order valence-corrected chi connectivity index (χ1v) is 10.2. The van der Waals surface area contributed by atoms with E-state index in [0.29, 0.717) is 28.0 Å². The Morgan fingerprint density at radius 2 is 1.61 bits per heavy atom. The summed E-state index contributed by atoms with van der Waals surface area (Å²) in [6.07, 6.45) is 0.170. The number of rotatable bonds is 7. The monoisotopic (exact) mass is 413 g/mol. The Bertz CT molecular complexity index is 1210. The summed E-state index contributed by atoms with van der Waals surface area (Å²) in [4.78, 5) is 26.0. The topological polar surface area (TPSA) is 68.5 Å². The van der Waals surface area contributed by atoms with E-state index in [9.17, 15) is 9.59 Å². The van der Waals surface area contributed by atoms with E-state index in [-0.39, 0.29) is 17.5 Å². The highest BCUT2D eigenvalue weighted by atomic mass is 16.5. The van der Waals surface area contributed by atoms with Gasteiger partial charge in [-0.05, 0) is 43.2 Å². The van der Waals surface area contributed by atoms with Gasteiger partial charge in [-0.25, -0.2) is 0 Å². The van der Waals surface area contributed by atoms with Crippen molar-refractivity contribution in [2.45, 2.75) is 26.4 Å². The van der Waals surface area contributed by atoms with Gasteiger partial charge in [0.15, 0.2) is 11.9 Å². The van der Waals surface area contributed by atoms with Gasteiger partial charge in [-0.15, -0.1) is 0 Å². The minimum absolute atomic E-state index is 0.0975. The van der Waals surface area contributed by atoms with Crippen molar-refractivity contribution in [3.63, 3.8) is 0 Å². The highest BCUT2D eigenvalue weighted by Gasteiger charge is 2.25. The van der Waals surface area contributed by atoms with Crippen molar-refractivity contribution >= 4 is 28.3 Å². The van der Waals surface area contributed by atoms with Gasteiger partial charge in [0.1, 0.15) is 11.3 Å². The molecule has 0 saturated carbocycles. The molecule has 0 bridgehead atoms. The Morgan fingerprint density at radius 3 is 2.32 bits per heavy atom. The number of hydrogen-bond donors (Lipinski definition) is 1. The van der Waals surface area contributed by atoms with Gasteiger partial charge in [-0.2, -0.15) is 0 Å². The molecule has 1 atom stereocenters. The molecule has 0 fully saturated rings. The smallest absolute Gasteiger partial charge is 0.265 e. The van der Waals surface area contributed by atoms with Gasteiger partial charge >= 0.3 is 0 Å². The lowest BCUT2D eigenvalue weighted by atomic mass is 10.1. The Hall–Kier alpha value is -3.86. The maximum absolute atomic E-state index is 13.1. The van der Waals surface area contributed by atoms with Gasteiger partial charge in [0, 0.05) is 10.9 Å². The fourth-order valence-corrected chi connectivity index (χ4v) is 3.34. The second kappa shape index (κ2) is 8.88. The van der Waals surface area contributed by atoms with Crippen molar-refractivity contribution in [1.82, 2.24) is 0 Å². The normalized spacial score (nSPS) is 11.8. The van der Waals surface area contributed by atoms with Crippen LogP contribution in [-0.2, 0) is 11.2 Å². The first-order valence-electron chi connectivity index (χ1n) is 10.2. The molecule has 156 valence electrons. The lowest BCUT2D eigenvalue weighted by Crippen LogP contribution is -2.30. The largest absolute Gasteiger partial charge is 0.481 e. The second-order valence-corrected chi connectivity index (χ2v) is 7.24. The number of ketones is 1. The summed E-state index contributed by atoms with van der Waals surface area (Å²) >= 11 is 0. The minimum atomic E-state index is -0.763. The zero-order chi connectivity index (χ0) is 21.8. The lowest BCUT2D eigenvalue weighted by Gasteiger charge is -2.15. The van der Waals surface area contributed by atoms with Crippen LogP contribution < -0.4 is 10.1 Å². The highest BCUT2D eigenvalue weighted by molar-refractivity contribution is 6.17. The molecular formula is C26H23NO4. The summed E-state index contributed by atoms with van der Waals surface area (Å²) in [5.41, 5.74) is 2.56. The molecule has 4 rings (SSSR count). The molecule has 0 aliphatic rings. The van der Waals surface area contributed by atoms with Gasteiger partial charge in [-0.3, -0.25) is 9.59 Å².